The van der Waals surface area contributed by atoms with Crippen LogP contribution in [0.2, 0.25) is 0 Å². The van der Waals surface area contributed by atoms with Crippen molar-refractivity contribution in [3.63, 3.8) is 0 Å². The number of para-hydroxylation sites is 1. The van der Waals surface area contributed by atoms with Crippen molar-refractivity contribution in [3.8, 4) is 0 Å². The van der Waals surface area contributed by atoms with Crippen LogP contribution >= 0.6 is 0 Å². The van der Waals surface area contributed by atoms with Gasteiger partial charge in [0.25, 0.3) is 0 Å². The molecule has 2 aromatic rings. The van der Waals surface area contributed by atoms with Crippen LogP contribution in [0.1, 0.15) is 24.1 Å². The van der Waals surface area contributed by atoms with Gasteiger partial charge in [-0.1, -0.05) is 18.2 Å². The van der Waals surface area contributed by atoms with Crippen molar-refractivity contribution in [2.75, 3.05) is 5.32 Å². The van der Waals surface area contributed by atoms with Crippen LogP contribution in [-0.2, 0) is 0 Å². The van der Waals surface area contributed by atoms with Crippen LogP contribution in [0.15, 0.2) is 36.4 Å². The summed E-state index contributed by atoms with van der Waals surface area (Å²) in [6.07, 6.45) is 0. The summed E-state index contributed by atoms with van der Waals surface area (Å²) >= 11 is 0. The molecule has 0 aliphatic carbocycles. The van der Waals surface area contributed by atoms with E-state index < -0.39 is 22.5 Å². The van der Waals surface area contributed by atoms with Crippen molar-refractivity contribution >= 4 is 11.4 Å². The molecule has 1 unspecified atom stereocenters. The van der Waals surface area contributed by atoms with E-state index in [-0.39, 0.29) is 11.5 Å². The standard InChI is InChI=1S/C15H14F2N2O2/c1-9-6-7-11(8-13(9)17)10(2)18-14-5-3-4-12(16)15(14)19(20)21/h3-8,10,18H,1-2H3. The van der Waals surface area contributed by atoms with Gasteiger partial charge < -0.3 is 5.32 Å². The molecule has 0 bridgehead atoms. The van der Waals surface area contributed by atoms with Crippen molar-refractivity contribution in [1.29, 1.82) is 0 Å². The van der Waals surface area contributed by atoms with Crippen LogP contribution in [-0.4, -0.2) is 4.92 Å². The lowest BCUT2D eigenvalue weighted by Gasteiger charge is -2.16. The van der Waals surface area contributed by atoms with Gasteiger partial charge in [-0.05, 0) is 43.2 Å². The highest BCUT2D eigenvalue weighted by Gasteiger charge is 2.21. The van der Waals surface area contributed by atoms with Crippen LogP contribution in [0.25, 0.3) is 0 Å². The first-order valence-electron chi connectivity index (χ1n) is 6.35. The van der Waals surface area contributed by atoms with E-state index in [1.165, 1.54) is 18.2 Å². The Morgan fingerprint density at radius 2 is 1.90 bits per heavy atom. The Morgan fingerprint density at radius 1 is 1.19 bits per heavy atom. The van der Waals surface area contributed by atoms with Crippen LogP contribution in [0.4, 0.5) is 20.2 Å². The van der Waals surface area contributed by atoms with E-state index in [0.29, 0.717) is 11.1 Å². The van der Waals surface area contributed by atoms with Gasteiger partial charge in [-0.2, -0.15) is 4.39 Å². The van der Waals surface area contributed by atoms with Gasteiger partial charge in [0.2, 0.25) is 5.82 Å². The van der Waals surface area contributed by atoms with Crippen LogP contribution < -0.4 is 5.32 Å². The molecule has 0 saturated carbocycles. The summed E-state index contributed by atoms with van der Waals surface area (Å²) in [5, 5.41) is 13.8. The molecule has 0 heterocycles. The molecule has 0 fully saturated rings. The van der Waals surface area contributed by atoms with Crippen molar-refractivity contribution < 1.29 is 13.7 Å². The lowest BCUT2D eigenvalue weighted by Crippen LogP contribution is -2.09. The molecule has 6 heteroatoms. The molecular formula is C15H14F2N2O2. The zero-order valence-corrected chi connectivity index (χ0v) is 11.6. The summed E-state index contributed by atoms with van der Waals surface area (Å²) in [4.78, 5) is 10.1. The zero-order chi connectivity index (χ0) is 15.6. The van der Waals surface area contributed by atoms with Crippen molar-refractivity contribution in [2.24, 2.45) is 0 Å². The van der Waals surface area contributed by atoms with Crippen LogP contribution in [0, 0.1) is 28.7 Å². The van der Waals surface area contributed by atoms with Gasteiger partial charge >= 0.3 is 5.69 Å². The first-order valence-corrected chi connectivity index (χ1v) is 6.35. The van der Waals surface area contributed by atoms with E-state index in [0.717, 1.165) is 6.07 Å². The zero-order valence-electron chi connectivity index (χ0n) is 11.6. The van der Waals surface area contributed by atoms with Crippen molar-refractivity contribution in [3.05, 3.63) is 69.3 Å². The average Bonchev–Trinajstić information content (AvgIpc) is 2.41. The minimum atomic E-state index is -0.910. The number of anilines is 1. The van der Waals surface area contributed by atoms with Gasteiger partial charge in [0.1, 0.15) is 11.5 Å². The van der Waals surface area contributed by atoms with Crippen LogP contribution in [0.5, 0.6) is 0 Å². The van der Waals surface area contributed by atoms with Gasteiger partial charge in [0.15, 0.2) is 0 Å². The lowest BCUT2D eigenvalue weighted by atomic mass is 10.1. The molecule has 0 saturated heterocycles. The quantitative estimate of drug-likeness (QED) is 0.673. The molecule has 21 heavy (non-hydrogen) atoms. The second-order valence-corrected chi connectivity index (χ2v) is 4.77. The number of nitro benzene ring substituents is 1. The Morgan fingerprint density at radius 3 is 2.52 bits per heavy atom. The number of nitro groups is 1. The normalized spacial score (nSPS) is 12.0. The first-order chi connectivity index (χ1) is 9.90. The Kier molecular flexibility index (Phi) is 4.16. The topological polar surface area (TPSA) is 55.2 Å². The first kappa shape index (κ1) is 14.9. The highest BCUT2D eigenvalue weighted by atomic mass is 19.1. The molecule has 2 aromatic carbocycles. The van der Waals surface area contributed by atoms with Gasteiger partial charge in [-0.25, -0.2) is 4.39 Å². The summed E-state index contributed by atoms with van der Waals surface area (Å²) in [5.41, 5.74) is 0.588. The maximum atomic E-state index is 13.6. The summed E-state index contributed by atoms with van der Waals surface area (Å²) in [6.45, 7) is 3.37. The highest BCUT2D eigenvalue weighted by molar-refractivity contribution is 5.62. The minimum Gasteiger partial charge on any atom is -0.373 e. The molecule has 0 spiro atoms. The van der Waals surface area contributed by atoms with Crippen molar-refractivity contribution in [2.45, 2.75) is 19.9 Å². The molecule has 110 valence electrons. The fourth-order valence-electron chi connectivity index (χ4n) is 2.01. The SMILES string of the molecule is Cc1ccc(C(C)Nc2cccc(F)c2[N+](=O)[O-])cc1F. The van der Waals surface area contributed by atoms with Gasteiger partial charge in [-0.15, -0.1) is 0 Å². The fourth-order valence-corrected chi connectivity index (χ4v) is 2.01. The molecule has 1 atom stereocenters. The summed E-state index contributed by atoms with van der Waals surface area (Å²) < 4.78 is 27.1. The van der Waals surface area contributed by atoms with Crippen molar-refractivity contribution in [1.82, 2.24) is 0 Å². The molecule has 0 aliphatic heterocycles. The maximum Gasteiger partial charge on any atom is 0.327 e. The van der Waals surface area contributed by atoms with E-state index in [2.05, 4.69) is 5.32 Å². The third-order valence-corrected chi connectivity index (χ3v) is 3.24. The molecule has 1 N–H and O–H groups in total. The Hall–Kier alpha value is -2.50. The molecular weight excluding hydrogens is 278 g/mol. The van der Waals surface area contributed by atoms with E-state index in [1.54, 1.807) is 26.0 Å². The molecule has 0 amide bonds. The molecule has 0 aliphatic rings. The number of benzene rings is 2. The fraction of sp³-hybridized carbons (Fsp3) is 0.200. The smallest absolute Gasteiger partial charge is 0.327 e. The summed E-state index contributed by atoms with van der Waals surface area (Å²) in [6, 6.07) is 8.14. The molecule has 2 rings (SSSR count). The van der Waals surface area contributed by atoms with E-state index in [1.807, 2.05) is 0 Å². The van der Waals surface area contributed by atoms with Crippen LogP contribution in [0.3, 0.4) is 0 Å². The predicted molar refractivity (Wildman–Crippen MR) is 76.2 cm³/mol. The number of aryl methyl sites for hydroxylation is 1. The van der Waals surface area contributed by atoms with Gasteiger partial charge in [-0.3, -0.25) is 10.1 Å². The Bertz CT molecular complexity index is 689. The molecule has 0 radical (unpaired) electrons. The molecule has 0 aromatic heterocycles. The molecule has 4 nitrogen and oxygen atoms in total. The minimum absolute atomic E-state index is 0.0634. The second kappa shape index (κ2) is 5.87. The number of nitrogens with zero attached hydrogens (tertiary/aromatic N) is 1. The van der Waals surface area contributed by atoms with E-state index in [4.69, 9.17) is 0 Å². The van der Waals surface area contributed by atoms with Gasteiger partial charge in [0, 0.05) is 6.04 Å². The number of hydrogen-bond acceptors (Lipinski definition) is 3. The summed E-state index contributed by atoms with van der Waals surface area (Å²) in [7, 11) is 0. The Labute approximate surface area is 120 Å². The predicted octanol–water partition coefficient (Wildman–Crippen LogP) is 4.35. The average molecular weight is 292 g/mol. The largest absolute Gasteiger partial charge is 0.373 e. The lowest BCUT2D eigenvalue weighted by molar-refractivity contribution is -0.386. The second-order valence-electron chi connectivity index (χ2n) is 4.77. The number of hydrogen-bond donors (Lipinski definition) is 1. The van der Waals surface area contributed by atoms with E-state index in [9.17, 15) is 18.9 Å². The highest BCUT2D eigenvalue weighted by Crippen LogP contribution is 2.30. The monoisotopic (exact) mass is 292 g/mol. The summed E-state index contributed by atoms with van der Waals surface area (Å²) in [5.74, 6) is -1.26. The third kappa shape index (κ3) is 3.16. The number of halogens is 2. The maximum absolute atomic E-state index is 13.6. The number of rotatable bonds is 4. The Balaban J connectivity index is 2.31. The third-order valence-electron chi connectivity index (χ3n) is 3.24. The van der Waals surface area contributed by atoms with E-state index >= 15 is 0 Å². The van der Waals surface area contributed by atoms with Gasteiger partial charge in [0.05, 0.1) is 4.92 Å². The number of nitrogens with one attached hydrogen (secondary N) is 1.